The van der Waals surface area contributed by atoms with Gasteiger partial charge in [0.05, 0.1) is 0 Å². The van der Waals surface area contributed by atoms with Crippen LogP contribution < -0.4 is 0 Å². The number of halogens is 1. The number of amides is 1. The fourth-order valence-corrected chi connectivity index (χ4v) is 2.03. The van der Waals surface area contributed by atoms with Gasteiger partial charge in [0.2, 0.25) is 5.91 Å². The minimum Gasteiger partial charge on any atom is -0.344 e. The van der Waals surface area contributed by atoms with Gasteiger partial charge in [0.25, 0.3) is 0 Å². The van der Waals surface area contributed by atoms with E-state index < -0.39 is 0 Å². The van der Waals surface area contributed by atoms with E-state index in [0.717, 1.165) is 18.4 Å². The minimum atomic E-state index is 0.237. The number of hydrogen-bond donors (Lipinski definition) is 0. The smallest absolute Gasteiger partial charge is 0.223 e. The summed E-state index contributed by atoms with van der Waals surface area (Å²) >= 11 is 3.28. The Labute approximate surface area is 94.6 Å². The van der Waals surface area contributed by atoms with Crippen LogP contribution in [0.15, 0.2) is 0 Å². The molecular weight excluding hydrogens is 244 g/mol. The Morgan fingerprint density at radius 2 is 2.07 bits per heavy atom. The quantitative estimate of drug-likeness (QED) is 0.698. The predicted molar refractivity (Wildman–Crippen MR) is 61.7 cm³/mol. The van der Waals surface area contributed by atoms with Gasteiger partial charge in [-0.05, 0) is 25.9 Å². The van der Waals surface area contributed by atoms with E-state index in [0.29, 0.717) is 6.42 Å². The van der Waals surface area contributed by atoms with Crippen LogP contribution in [0.25, 0.3) is 0 Å². The van der Waals surface area contributed by atoms with Crippen molar-refractivity contribution in [2.45, 2.75) is 19.3 Å². The predicted octanol–water partition coefficient (Wildman–Crippen LogP) is 1.33. The van der Waals surface area contributed by atoms with E-state index in [-0.39, 0.29) is 5.91 Å². The summed E-state index contributed by atoms with van der Waals surface area (Å²) in [4.78, 5) is 15.7. The van der Waals surface area contributed by atoms with E-state index in [1.54, 1.807) is 0 Å². The Morgan fingerprint density at radius 1 is 1.43 bits per heavy atom. The average molecular weight is 263 g/mol. The molecule has 1 fully saturated rings. The number of alkyl halides is 1. The lowest BCUT2D eigenvalue weighted by molar-refractivity contribution is -0.129. The second kappa shape index (κ2) is 6.40. The second-order valence-corrected chi connectivity index (χ2v) is 4.60. The summed E-state index contributed by atoms with van der Waals surface area (Å²) in [5.41, 5.74) is 0. The molecule has 1 aliphatic heterocycles. The standard InChI is InChI=1S/C10H19BrN2O/c1-12(10(14)4-5-11)8-9-13-6-2-3-7-13/h2-9H2,1H3. The van der Waals surface area contributed by atoms with E-state index in [1.807, 2.05) is 11.9 Å². The topological polar surface area (TPSA) is 23.6 Å². The molecule has 0 atom stereocenters. The zero-order valence-electron chi connectivity index (χ0n) is 8.84. The molecule has 0 aromatic rings. The maximum absolute atomic E-state index is 11.4. The lowest BCUT2D eigenvalue weighted by Crippen LogP contribution is -2.35. The first-order valence-electron chi connectivity index (χ1n) is 5.26. The molecule has 0 N–H and O–H groups in total. The molecule has 0 unspecified atom stereocenters. The van der Waals surface area contributed by atoms with Gasteiger partial charge in [0.15, 0.2) is 0 Å². The summed E-state index contributed by atoms with van der Waals surface area (Å²) in [5.74, 6) is 0.237. The molecule has 1 saturated heterocycles. The molecule has 0 bridgehead atoms. The third kappa shape index (κ3) is 3.96. The third-order valence-electron chi connectivity index (χ3n) is 2.68. The van der Waals surface area contributed by atoms with Gasteiger partial charge in [-0.3, -0.25) is 4.79 Å². The Morgan fingerprint density at radius 3 is 2.64 bits per heavy atom. The number of hydrogen-bond acceptors (Lipinski definition) is 2. The van der Waals surface area contributed by atoms with Crippen molar-refractivity contribution in [3.63, 3.8) is 0 Å². The molecule has 0 saturated carbocycles. The molecule has 1 heterocycles. The van der Waals surface area contributed by atoms with Gasteiger partial charge in [-0.2, -0.15) is 0 Å². The first kappa shape index (κ1) is 12.0. The summed E-state index contributed by atoms with van der Waals surface area (Å²) in [5, 5.41) is 0.764. The summed E-state index contributed by atoms with van der Waals surface area (Å²) < 4.78 is 0. The fraction of sp³-hybridized carbons (Fsp3) is 0.900. The monoisotopic (exact) mass is 262 g/mol. The van der Waals surface area contributed by atoms with Crippen molar-refractivity contribution >= 4 is 21.8 Å². The van der Waals surface area contributed by atoms with Crippen LogP contribution in [0, 0.1) is 0 Å². The van der Waals surface area contributed by atoms with Gasteiger partial charge >= 0.3 is 0 Å². The highest BCUT2D eigenvalue weighted by atomic mass is 79.9. The van der Waals surface area contributed by atoms with Crippen molar-refractivity contribution in [3.8, 4) is 0 Å². The average Bonchev–Trinajstić information content (AvgIpc) is 2.67. The molecule has 1 rings (SSSR count). The van der Waals surface area contributed by atoms with Gasteiger partial charge in [-0.15, -0.1) is 0 Å². The molecule has 4 heteroatoms. The van der Waals surface area contributed by atoms with E-state index in [2.05, 4.69) is 20.8 Å². The molecule has 0 spiro atoms. The van der Waals surface area contributed by atoms with E-state index in [1.165, 1.54) is 25.9 Å². The first-order valence-corrected chi connectivity index (χ1v) is 6.38. The number of rotatable bonds is 5. The van der Waals surface area contributed by atoms with Crippen LogP contribution in [0.5, 0.6) is 0 Å². The summed E-state index contributed by atoms with van der Waals surface area (Å²) in [6.07, 6.45) is 3.24. The molecule has 14 heavy (non-hydrogen) atoms. The Balaban J connectivity index is 2.13. The summed E-state index contributed by atoms with van der Waals surface area (Å²) in [6.45, 7) is 4.32. The number of carbonyl (C=O) groups is 1. The van der Waals surface area contributed by atoms with Crippen LogP contribution in [-0.2, 0) is 4.79 Å². The number of carbonyl (C=O) groups excluding carboxylic acids is 1. The lowest BCUT2D eigenvalue weighted by atomic mass is 10.4. The Kier molecular flexibility index (Phi) is 5.48. The molecule has 0 aliphatic carbocycles. The number of nitrogens with zero attached hydrogens (tertiary/aromatic N) is 2. The highest BCUT2D eigenvalue weighted by molar-refractivity contribution is 9.09. The van der Waals surface area contributed by atoms with Crippen LogP contribution in [0.1, 0.15) is 19.3 Å². The first-order chi connectivity index (χ1) is 6.74. The zero-order valence-corrected chi connectivity index (χ0v) is 10.4. The van der Waals surface area contributed by atoms with Crippen molar-refractivity contribution in [2.75, 3.05) is 38.6 Å². The van der Waals surface area contributed by atoms with Crippen molar-refractivity contribution in [2.24, 2.45) is 0 Å². The van der Waals surface area contributed by atoms with E-state index in [9.17, 15) is 4.79 Å². The molecule has 3 nitrogen and oxygen atoms in total. The minimum absolute atomic E-state index is 0.237. The number of likely N-dealkylation sites (tertiary alicyclic amines) is 1. The van der Waals surface area contributed by atoms with E-state index >= 15 is 0 Å². The van der Waals surface area contributed by atoms with Crippen LogP contribution >= 0.6 is 15.9 Å². The second-order valence-electron chi connectivity index (χ2n) is 3.80. The third-order valence-corrected chi connectivity index (χ3v) is 3.08. The SMILES string of the molecule is CN(CCN1CCCC1)C(=O)CCBr. The van der Waals surface area contributed by atoms with Crippen LogP contribution in [0.3, 0.4) is 0 Å². The summed E-state index contributed by atoms with van der Waals surface area (Å²) in [6, 6.07) is 0. The van der Waals surface area contributed by atoms with Gasteiger partial charge in [-0.25, -0.2) is 0 Å². The molecule has 0 aromatic carbocycles. The van der Waals surface area contributed by atoms with Gasteiger partial charge in [0.1, 0.15) is 0 Å². The molecule has 0 aromatic heterocycles. The summed E-state index contributed by atoms with van der Waals surface area (Å²) in [7, 11) is 1.89. The normalized spacial score (nSPS) is 17.3. The molecule has 1 amide bonds. The van der Waals surface area contributed by atoms with Gasteiger partial charge in [-0.1, -0.05) is 15.9 Å². The molecule has 82 valence electrons. The fourth-order valence-electron chi connectivity index (χ4n) is 1.69. The Bertz CT molecular complexity index is 181. The van der Waals surface area contributed by atoms with Crippen molar-refractivity contribution in [1.82, 2.24) is 9.80 Å². The van der Waals surface area contributed by atoms with Crippen molar-refractivity contribution in [1.29, 1.82) is 0 Å². The zero-order chi connectivity index (χ0) is 10.4. The van der Waals surface area contributed by atoms with Gasteiger partial charge in [0, 0.05) is 31.9 Å². The van der Waals surface area contributed by atoms with E-state index in [4.69, 9.17) is 0 Å². The molecule has 1 aliphatic rings. The largest absolute Gasteiger partial charge is 0.344 e. The van der Waals surface area contributed by atoms with Crippen LogP contribution in [0.2, 0.25) is 0 Å². The maximum Gasteiger partial charge on any atom is 0.223 e. The highest BCUT2D eigenvalue weighted by Gasteiger charge is 2.13. The van der Waals surface area contributed by atoms with Crippen molar-refractivity contribution < 1.29 is 4.79 Å². The molecule has 0 radical (unpaired) electrons. The lowest BCUT2D eigenvalue weighted by Gasteiger charge is -2.21. The van der Waals surface area contributed by atoms with Gasteiger partial charge < -0.3 is 9.80 Å². The Hall–Kier alpha value is -0.0900. The maximum atomic E-state index is 11.4. The number of likely N-dealkylation sites (N-methyl/N-ethyl adjacent to an activating group) is 1. The van der Waals surface area contributed by atoms with Crippen LogP contribution in [0.4, 0.5) is 0 Å². The molecular formula is C10H19BrN2O. The highest BCUT2D eigenvalue weighted by Crippen LogP contribution is 2.06. The van der Waals surface area contributed by atoms with Crippen LogP contribution in [-0.4, -0.2) is 54.3 Å². The van der Waals surface area contributed by atoms with Crippen molar-refractivity contribution in [3.05, 3.63) is 0 Å².